The molecule has 0 radical (unpaired) electrons. The van der Waals surface area contributed by atoms with Crippen molar-refractivity contribution in [2.75, 3.05) is 0 Å². The summed E-state index contributed by atoms with van der Waals surface area (Å²) in [4.78, 5) is 51.8. The average molecular weight is 670 g/mol. The quantitative estimate of drug-likeness (QED) is 0.193. The van der Waals surface area contributed by atoms with E-state index < -0.39 is 55.5 Å². The molecule has 0 aromatic heterocycles. The Morgan fingerprint density at radius 3 is 1.82 bits per heavy atom. The van der Waals surface area contributed by atoms with Gasteiger partial charge in [-0.05, 0) is 18.6 Å². The van der Waals surface area contributed by atoms with E-state index in [-0.39, 0.29) is 32.6 Å². The van der Waals surface area contributed by atoms with Crippen molar-refractivity contribution in [3.8, 4) is 0 Å². The van der Waals surface area contributed by atoms with E-state index >= 15 is 0 Å². The van der Waals surface area contributed by atoms with Gasteiger partial charge in [-0.3, -0.25) is 19.2 Å². The van der Waals surface area contributed by atoms with Crippen LogP contribution in [0.3, 0.4) is 0 Å². The van der Waals surface area contributed by atoms with Crippen LogP contribution in [0.5, 0.6) is 0 Å². The normalized spacial score (nSPS) is 29.6. The number of carbonyl (C=O) groups excluding carboxylic acids is 4. The summed E-state index contributed by atoms with van der Waals surface area (Å²) in [6.45, 7) is 1.64. The molecule has 6 nitrogen and oxygen atoms in total. The van der Waals surface area contributed by atoms with E-state index in [4.69, 9.17) is 81.2 Å². The first-order chi connectivity index (χ1) is 18.3. The van der Waals surface area contributed by atoms with E-state index in [9.17, 15) is 19.2 Å². The Morgan fingerprint density at radius 2 is 1.33 bits per heavy atom. The molecule has 2 aromatic carbocycles. The fraction of sp³-hybridized carbons (Fsp3) is 0.308. The summed E-state index contributed by atoms with van der Waals surface area (Å²) < 4.78 is -2.15. The Balaban J connectivity index is 1.68. The highest BCUT2D eigenvalue weighted by atomic mass is 35.5. The first-order valence-electron chi connectivity index (χ1n) is 11.6. The maximum Gasteiger partial charge on any atom is 0.275 e. The van der Waals surface area contributed by atoms with E-state index in [0.29, 0.717) is 5.01 Å². The molecule has 2 aliphatic carbocycles. The van der Waals surface area contributed by atoms with Crippen molar-refractivity contribution in [3.63, 3.8) is 0 Å². The third kappa shape index (κ3) is 3.62. The molecular weight excluding hydrogens is 652 g/mol. The Hall–Kier alpha value is -1.51. The molecule has 1 saturated carbocycles. The Kier molecular flexibility index (Phi) is 7.29. The lowest BCUT2D eigenvalue weighted by atomic mass is 9.84. The molecule has 2 aromatic rings. The number of benzene rings is 2. The highest BCUT2D eigenvalue weighted by Crippen LogP contribution is 2.77. The third-order valence-electron chi connectivity index (χ3n) is 7.46. The number of fused-ring (bicyclic) bond motifs is 5. The number of hydrazine groups is 1. The molecule has 2 bridgehead atoms. The number of allylic oxidation sites excluding steroid dienone is 2. The van der Waals surface area contributed by atoms with Crippen LogP contribution < -0.4 is 0 Å². The molecule has 0 spiro atoms. The lowest BCUT2D eigenvalue weighted by Crippen LogP contribution is -2.60. The molecule has 1 saturated heterocycles. The summed E-state index contributed by atoms with van der Waals surface area (Å²) in [5.74, 6) is -6.28. The molecule has 5 rings (SSSR count). The van der Waals surface area contributed by atoms with Crippen molar-refractivity contribution in [2.45, 2.75) is 33.5 Å². The Labute approximate surface area is 258 Å². The summed E-state index contributed by atoms with van der Waals surface area (Å²) >= 11 is 46.0. The van der Waals surface area contributed by atoms with Crippen LogP contribution in [0.1, 0.15) is 34.1 Å². The number of rotatable bonds is 6. The molecule has 0 N–H and O–H groups in total. The van der Waals surface area contributed by atoms with Gasteiger partial charge in [-0.2, -0.15) is 5.01 Å². The van der Waals surface area contributed by atoms with Gasteiger partial charge in [0.2, 0.25) is 0 Å². The fourth-order valence-corrected chi connectivity index (χ4v) is 8.73. The van der Waals surface area contributed by atoms with Crippen molar-refractivity contribution in [2.24, 2.45) is 11.8 Å². The van der Waals surface area contributed by atoms with Gasteiger partial charge in [0.25, 0.3) is 17.7 Å². The number of carbonyl (C=O) groups is 4. The number of hydrogen-bond acceptors (Lipinski definition) is 4. The van der Waals surface area contributed by atoms with Crippen LogP contribution in [0, 0.1) is 11.8 Å². The van der Waals surface area contributed by atoms with Crippen molar-refractivity contribution in [1.29, 1.82) is 0 Å². The van der Waals surface area contributed by atoms with E-state index in [2.05, 4.69) is 0 Å². The van der Waals surface area contributed by atoms with E-state index in [1.165, 1.54) is 12.1 Å². The zero-order valence-corrected chi connectivity index (χ0v) is 25.1. The predicted molar refractivity (Wildman–Crippen MR) is 152 cm³/mol. The maximum atomic E-state index is 14.1. The first kappa shape index (κ1) is 29.0. The first-order valence-corrected chi connectivity index (χ1v) is 14.3. The van der Waals surface area contributed by atoms with Gasteiger partial charge in [0, 0.05) is 5.56 Å². The Bertz CT molecular complexity index is 1420. The number of halogens is 7. The summed E-state index contributed by atoms with van der Waals surface area (Å²) in [6.07, 6.45) is 0.0308. The van der Waals surface area contributed by atoms with Crippen LogP contribution in [-0.2, 0) is 9.59 Å². The topological polar surface area (TPSA) is 74.8 Å². The van der Waals surface area contributed by atoms with Crippen molar-refractivity contribution < 1.29 is 19.2 Å². The largest absolute Gasteiger partial charge is 0.292 e. The van der Waals surface area contributed by atoms with E-state index in [0.717, 1.165) is 5.01 Å². The van der Waals surface area contributed by atoms with Gasteiger partial charge in [-0.25, -0.2) is 5.01 Å². The highest BCUT2D eigenvalue weighted by Gasteiger charge is 2.88. The minimum absolute atomic E-state index is 0.0308. The van der Waals surface area contributed by atoms with Gasteiger partial charge >= 0.3 is 0 Å². The van der Waals surface area contributed by atoms with Crippen LogP contribution in [0.2, 0.25) is 5.02 Å². The molecule has 1 heterocycles. The number of hydrogen-bond donors (Lipinski definition) is 0. The molecule has 1 aliphatic heterocycles. The summed E-state index contributed by atoms with van der Waals surface area (Å²) in [7, 11) is 0. The predicted octanol–water partition coefficient (Wildman–Crippen LogP) is 6.81. The lowest BCUT2D eigenvalue weighted by molar-refractivity contribution is -0.157. The molecule has 2 fully saturated rings. The molecular formula is C26H17Cl7N2O4. The number of imide groups is 1. The second-order valence-corrected chi connectivity index (χ2v) is 13.0. The minimum atomic E-state index is -2.15. The van der Waals surface area contributed by atoms with Crippen LogP contribution in [0.25, 0.3) is 0 Å². The second-order valence-electron chi connectivity index (χ2n) is 9.35. The van der Waals surface area contributed by atoms with Crippen molar-refractivity contribution >= 4 is 105 Å². The summed E-state index contributed by atoms with van der Waals surface area (Å²) in [5.41, 5.74) is 0.218. The van der Waals surface area contributed by atoms with Gasteiger partial charge in [-0.15, -0.1) is 23.2 Å². The van der Waals surface area contributed by atoms with Gasteiger partial charge in [0.05, 0.1) is 32.5 Å². The van der Waals surface area contributed by atoms with Crippen molar-refractivity contribution in [3.05, 3.63) is 80.8 Å². The number of ketones is 1. The lowest BCUT2D eigenvalue weighted by Gasteiger charge is -2.39. The summed E-state index contributed by atoms with van der Waals surface area (Å²) in [6, 6.07) is 12.9. The third-order valence-corrected chi connectivity index (χ3v) is 12.0. The zero-order chi connectivity index (χ0) is 28.7. The van der Waals surface area contributed by atoms with Gasteiger partial charge in [0.15, 0.2) is 10.1 Å². The van der Waals surface area contributed by atoms with Crippen LogP contribution >= 0.6 is 81.2 Å². The SMILES string of the molecule is CC[C@H](C(=O)c1ccccc1)N(C(=O)c1ccccc1Cl)N1C(=O)[C@@H]2[C@H](C1=O)[C@@]1(Cl)C(Cl)=C(Cl)[C@@]2(Cl)C1(Cl)Cl. The second kappa shape index (κ2) is 9.80. The van der Waals surface area contributed by atoms with Gasteiger partial charge in [-0.1, -0.05) is 107 Å². The average Bonchev–Trinajstić information content (AvgIpc) is 3.30. The number of Topliss-reactive ketones (excluding diaryl/α,β-unsaturated/α-hetero) is 1. The standard InChI is InChI=1S/C26H17Cl7N2O4/c1-2-15(18(36)12-8-4-3-5-9-12)34(21(37)13-10-6-7-11-14(13)27)35-22(38)16-17(23(35)39)25(31)20(29)19(28)24(16,30)26(25,32)33/h3-11,15-17H,2H2,1H3/t15-,16-,17+,24-,25-/m1/s1. The van der Waals surface area contributed by atoms with E-state index in [1.807, 2.05) is 0 Å². The molecule has 5 atom stereocenters. The van der Waals surface area contributed by atoms with Crippen LogP contribution in [0.4, 0.5) is 0 Å². The Morgan fingerprint density at radius 1 is 0.846 bits per heavy atom. The van der Waals surface area contributed by atoms with E-state index in [1.54, 1.807) is 49.4 Å². The molecule has 13 heteroatoms. The molecule has 0 unspecified atom stereocenters. The summed E-state index contributed by atoms with van der Waals surface area (Å²) in [5, 5.41) is 0.904. The smallest absolute Gasteiger partial charge is 0.275 e. The molecule has 3 aliphatic rings. The van der Waals surface area contributed by atoms with Crippen molar-refractivity contribution in [1.82, 2.24) is 10.0 Å². The molecule has 204 valence electrons. The number of alkyl halides is 4. The van der Waals surface area contributed by atoms with Gasteiger partial charge in [0.1, 0.15) is 15.8 Å². The van der Waals surface area contributed by atoms with Crippen LogP contribution in [0.15, 0.2) is 64.7 Å². The molecule has 3 amide bonds. The molecule has 39 heavy (non-hydrogen) atoms. The monoisotopic (exact) mass is 666 g/mol. The highest BCUT2D eigenvalue weighted by molar-refractivity contribution is 6.66. The maximum absolute atomic E-state index is 14.1. The minimum Gasteiger partial charge on any atom is -0.292 e. The number of nitrogens with zero attached hydrogens (tertiary/aromatic N) is 2. The van der Waals surface area contributed by atoms with Crippen LogP contribution in [-0.4, -0.2) is 53.6 Å². The fourth-order valence-electron chi connectivity index (χ4n) is 5.59. The van der Waals surface area contributed by atoms with Gasteiger partial charge < -0.3 is 0 Å². The zero-order valence-electron chi connectivity index (χ0n) is 19.8. The number of amides is 3.